The summed E-state index contributed by atoms with van der Waals surface area (Å²) < 4.78 is 0. The Morgan fingerprint density at radius 1 is 1.25 bits per heavy atom. The van der Waals surface area contributed by atoms with Gasteiger partial charge in [0.15, 0.2) is 0 Å². The fraction of sp³-hybridized carbons (Fsp3) is 0.727. The van der Waals surface area contributed by atoms with Crippen LogP contribution in [0.3, 0.4) is 0 Å². The lowest BCUT2D eigenvalue weighted by Crippen LogP contribution is -2.40. The second-order valence-corrected chi connectivity index (χ2v) is 5.69. The number of nitrogens with zero attached hydrogens (tertiary/aromatic N) is 4. The first kappa shape index (κ1) is 11.8. The van der Waals surface area contributed by atoms with Crippen LogP contribution in [0.4, 0.5) is 5.95 Å². The van der Waals surface area contributed by atoms with Crippen molar-refractivity contribution in [3.8, 4) is 0 Å². The molecule has 0 saturated carbocycles. The molecular formula is C11H17BrN4. The molecule has 1 aromatic rings. The van der Waals surface area contributed by atoms with E-state index in [2.05, 4.69) is 42.9 Å². The first-order chi connectivity index (χ1) is 7.58. The molecule has 1 saturated heterocycles. The molecule has 1 aliphatic heterocycles. The van der Waals surface area contributed by atoms with Gasteiger partial charge in [0.05, 0.1) is 11.4 Å². The van der Waals surface area contributed by atoms with Gasteiger partial charge in [-0.05, 0) is 26.2 Å². The number of aromatic nitrogens is 3. The van der Waals surface area contributed by atoms with E-state index >= 15 is 0 Å². The van der Waals surface area contributed by atoms with Crippen LogP contribution in [0.25, 0.3) is 0 Å². The van der Waals surface area contributed by atoms with Crippen LogP contribution in [-0.4, -0.2) is 33.1 Å². The first-order valence-electron chi connectivity index (χ1n) is 5.65. The fourth-order valence-electron chi connectivity index (χ4n) is 1.88. The van der Waals surface area contributed by atoms with E-state index in [0.717, 1.165) is 36.8 Å². The van der Waals surface area contributed by atoms with Crippen LogP contribution in [0.5, 0.6) is 0 Å². The number of piperidine rings is 1. The van der Waals surface area contributed by atoms with Crippen molar-refractivity contribution in [3.63, 3.8) is 0 Å². The molecule has 0 aliphatic carbocycles. The molecule has 16 heavy (non-hydrogen) atoms. The summed E-state index contributed by atoms with van der Waals surface area (Å²) >= 11 is 3.70. The van der Waals surface area contributed by atoms with E-state index in [0.29, 0.717) is 10.7 Å². The van der Waals surface area contributed by atoms with Gasteiger partial charge >= 0.3 is 0 Å². The number of hydrogen-bond donors (Lipinski definition) is 0. The van der Waals surface area contributed by atoms with Crippen molar-refractivity contribution in [2.24, 2.45) is 5.92 Å². The van der Waals surface area contributed by atoms with Crippen molar-refractivity contribution >= 4 is 21.9 Å². The summed E-state index contributed by atoms with van der Waals surface area (Å²) in [6, 6.07) is 0. The minimum atomic E-state index is 0.614. The maximum atomic E-state index is 4.49. The SMILES string of the molecule is Cc1nnc(N2CCC(Br)C(C)C2)nc1C. The third-order valence-electron chi connectivity index (χ3n) is 3.16. The van der Waals surface area contributed by atoms with Crippen molar-refractivity contribution in [1.29, 1.82) is 0 Å². The number of aryl methyl sites for hydroxylation is 2. The normalized spacial score (nSPS) is 25.9. The van der Waals surface area contributed by atoms with Crippen molar-refractivity contribution < 1.29 is 0 Å². The molecule has 5 heteroatoms. The summed E-state index contributed by atoms with van der Waals surface area (Å²) in [6.07, 6.45) is 1.14. The highest BCUT2D eigenvalue weighted by atomic mass is 79.9. The Bertz CT molecular complexity index is 382. The van der Waals surface area contributed by atoms with E-state index in [1.54, 1.807) is 0 Å². The first-order valence-corrected chi connectivity index (χ1v) is 6.56. The van der Waals surface area contributed by atoms with Crippen LogP contribution in [-0.2, 0) is 0 Å². The van der Waals surface area contributed by atoms with Gasteiger partial charge in [-0.3, -0.25) is 0 Å². The van der Waals surface area contributed by atoms with Gasteiger partial charge in [-0.25, -0.2) is 4.98 Å². The minimum absolute atomic E-state index is 0.614. The molecule has 0 radical (unpaired) electrons. The summed E-state index contributed by atoms with van der Waals surface area (Å²) in [6.45, 7) is 8.17. The number of halogens is 1. The van der Waals surface area contributed by atoms with Crippen molar-refractivity contribution in [3.05, 3.63) is 11.4 Å². The molecule has 2 heterocycles. The lowest BCUT2D eigenvalue weighted by Gasteiger charge is -2.34. The Kier molecular flexibility index (Phi) is 3.42. The zero-order valence-electron chi connectivity index (χ0n) is 9.94. The molecular weight excluding hydrogens is 268 g/mol. The average molecular weight is 285 g/mol. The molecule has 88 valence electrons. The molecule has 0 N–H and O–H groups in total. The van der Waals surface area contributed by atoms with E-state index in [1.807, 2.05) is 13.8 Å². The van der Waals surface area contributed by atoms with Gasteiger partial charge in [0.1, 0.15) is 0 Å². The third kappa shape index (κ3) is 2.34. The Balaban J connectivity index is 2.15. The summed E-state index contributed by atoms with van der Waals surface area (Å²) in [4.78, 5) is 7.33. The van der Waals surface area contributed by atoms with E-state index in [9.17, 15) is 0 Å². The maximum Gasteiger partial charge on any atom is 0.245 e. The Labute approximate surface area is 105 Å². The zero-order chi connectivity index (χ0) is 11.7. The second-order valence-electron chi connectivity index (χ2n) is 4.51. The van der Waals surface area contributed by atoms with Gasteiger partial charge in [0.25, 0.3) is 0 Å². The van der Waals surface area contributed by atoms with Gasteiger partial charge < -0.3 is 4.90 Å². The summed E-state index contributed by atoms with van der Waals surface area (Å²) in [7, 11) is 0. The summed E-state index contributed by atoms with van der Waals surface area (Å²) in [5.74, 6) is 1.40. The fourth-order valence-corrected chi connectivity index (χ4v) is 2.25. The van der Waals surface area contributed by atoms with E-state index in [4.69, 9.17) is 0 Å². The largest absolute Gasteiger partial charge is 0.339 e. The Morgan fingerprint density at radius 3 is 2.62 bits per heavy atom. The third-order valence-corrected chi connectivity index (χ3v) is 4.52. The second kappa shape index (κ2) is 4.65. The molecule has 0 aromatic carbocycles. The Hall–Kier alpha value is -0.710. The summed E-state index contributed by atoms with van der Waals surface area (Å²) in [5, 5.41) is 8.30. The quantitative estimate of drug-likeness (QED) is 0.741. The number of anilines is 1. The topological polar surface area (TPSA) is 41.9 Å². The summed E-state index contributed by atoms with van der Waals surface area (Å²) in [5.41, 5.74) is 1.88. The number of alkyl halides is 1. The van der Waals surface area contributed by atoms with Gasteiger partial charge in [0, 0.05) is 17.9 Å². The van der Waals surface area contributed by atoms with Crippen molar-refractivity contribution in [1.82, 2.24) is 15.2 Å². The molecule has 2 atom stereocenters. The lowest BCUT2D eigenvalue weighted by atomic mass is 10.0. The highest BCUT2D eigenvalue weighted by molar-refractivity contribution is 9.09. The molecule has 1 aliphatic rings. The molecule has 1 fully saturated rings. The van der Waals surface area contributed by atoms with Gasteiger partial charge in [-0.1, -0.05) is 22.9 Å². The highest BCUT2D eigenvalue weighted by Crippen LogP contribution is 2.25. The molecule has 0 amide bonds. The van der Waals surface area contributed by atoms with Crippen LogP contribution in [0.1, 0.15) is 24.7 Å². The number of rotatable bonds is 1. The average Bonchev–Trinajstić information content (AvgIpc) is 2.26. The van der Waals surface area contributed by atoms with Crippen LogP contribution < -0.4 is 4.90 Å². The van der Waals surface area contributed by atoms with Crippen LogP contribution >= 0.6 is 15.9 Å². The monoisotopic (exact) mass is 284 g/mol. The zero-order valence-corrected chi connectivity index (χ0v) is 11.5. The van der Waals surface area contributed by atoms with Crippen molar-refractivity contribution in [2.75, 3.05) is 18.0 Å². The predicted octanol–water partition coefficient (Wildman–Crippen LogP) is 2.10. The van der Waals surface area contributed by atoms with Crippen LogP contribution in [0.2, 0.25) is 0 Å². The van der Waals surface area contributed by atoms with Crippen LogP contribution in [0.15, 0.2) is 0 Å². The van der Waals surface area contributed by atoms with E-state index in [-0.39, 0.29) is 0 Å². The minimum Gasteiger partial charge on any atom is -0.339 e. The lowest BCUT2D eigenvalue weighted by molar-refractivity contribution is 0.459. The maximum absolute atomic E-state index is 4.49. The predicted molar refractivity (Wildman–Crippen MR) is 68.0 cm³/mol. The standard InChI is InChI=1S/C11H17BrN4/c1-7-6-16(5-4-10(7)12)11-13-8(2)9(3)14-15-11/h7,10H,4-6H2,1-3H3. The van der Waals surface area contributed by atoms with Gasteiger partial charge in [0.2, 0.25) is 5.95 Å². The Morgan fingerprint density at radius 2 is 2.00 bits per heavy atom. The molecule has 1 aromatic heterocycles. The molecule has 4 nitrogen and oxygen atoms in total. The molecule has 2 unspecified atom stereocenters. The van der Waals surface area contributed by atoms with Gasteiger partial charge in [-0.2, -0.15) is 5.10 Å². The van der Waals surface area contributed by atoms with Gasteiger partial charge in [-0.15, -0.1) is 5.10 Å². The molecule has 0 spiro atoms. The number of hydrogen-bond acceptors (Lipinski definition) is 4. The van der Waals surface area contributed by atoms with Crippen LogP contribution in [0, 0.1) is 19.8 Å². The van der Waals surface area contributed by atoms with Crippen molar-refractivity contribution in [2.45, 2.75) is 32.0 Å². The van der Waals surface area contributed by atoms with E-state index in [1.165, 1.54) is 0 Å². The smallest absolute Gasteiger partial charge is 0.245 e. The van der Waals surface area contributed by atoms with E-state index < -0.39 is 0 Å². The molecule has 2 rings (SSSR count). The molecule has 0 bridgehead atoms. The highest BCUT2D eigenvalue weighted by Gasteiger charge is 2.25.